The van der Waals surface area contributed by atoms with E-state index in [4.69, 9.17) is 14.6 Å². The van der Waals surface area contributed by atoms with Crippen molar-refractivity contribution in [3.05, 3.63) is 100 Å². The van der Waals surface area contributed by atoms with E-state index < -0.39 is 24.4 Å². The lowest BCUT2D eigenvalue weighted by molar-refractivity contribution is -0.140. The van der Waals surface area contributed by atoms with Crippen molar-refractivity contribution in [2.45, 2.75) is 26.0 Å². The van der Waals surface area contributed by atoms with Crippen LogP contribution in [0.4, 0.5) is 4.39 Å². The molecule has 0 saturated heterocycles. The Hall–Kier alpha value is -3.71. The van der Waals surface area contributed by atoms with Crippen LogP contribution in [0.25, 0.3) is 0 Å². The number of amides is 1. The fraction of sp³-hybridized carbons (Fsp3) is 0.259. The molecule has 3 aromatic rings. The van der Waals surface area contributed by atoms with Crippen LogP contribution in [0.2, 0.25) is 0 Å². The highest BCUT2D eigenvalue weighted by atomic mass is 19.1. The van der Waals surface area contributed by atoms with Gasteiger partial charge in [0.15, 0.2) is 6.61 Å². The summed E-state index contributed by atoms with van der Waals surface area (Å²) in [6.07, 6.45) is 0.650. The summed E-state index contributed by atoms with van der Waals surface area (Å²) in [5, 5.41) is 9.06. The molecular formula is C27H26FNO5. The minimum Gasteiger partial charge on any atom is -0.482 e. The number of hydrogen-bond acceptors (Lipinski definition) is 4. The molecule has 0 bridgehead atoms. The van der Waals surface area contributed by atoms with Gasteiger partial charge in [-0.2, -0.15) is 0 Å². The standard InChI is InChI=1S/C27H26FNO5/c1-18-6-2-3-8-20(18)15-33-16-25(30)29-13-12-19-7-4-5-9-22(19)27(29)23-14-21(28)10-11-24(23)34-17-26(31)32/h2-11,14,27H,12-13,15-17H2,1H3,(H,31,32). The van der Waals surface area contributed by atoms with Crippen molar-refractivity contribution in [1.29, 1.82) is 0 Å². The van der Waals surface area contributed by atoms with Crippen LogP contribution in [-0.2, 0) is 27.4 Å². The summed E-state index contributed by atoms with van der Waals surface area (Å²) in [5.74, 6) is -1.65. The van der Waals surface area contributed by atoms with Crippen molar-refractivity contribution in [2.75, 3.05) is 19.8 Å². The van der Waals surface area contributed by atoms with Crippen molar-refractivity contribution in [1.82, 2.24) is 4.90 Å². The number of benzene rings is 3. The summed E-state index contributed by atoms with van der Waals surface area (Å²) in [7, 11) is 0. The van der Waals surface area contributed by atoms with E-state index in [9.17, 15) is 14.0 Å². The molecule has 0 saturated carbocycles. The number of carbonyl (C=O) groups excluding carboxylic acids is 1. The lowest BCUT2D eigenvalue weighted by atomic mass is 9.87. The molecule has 1 aliphatic rings. The number of nitrogens with zero attached hydrogens (tertiary/aromatic N) is 1. The average molecular weight is 464 g/mol. The van der Waals surface area contributed by atoms with Crippen LogP contribution in [-0.4, -0.2) is 41.6 Å². The minimum atomic E-state index is -1.14. The number of ether oxygens (including phenoxy) is 2. The number of carboxylic acids is 1. The zero-order valence-corrected chi connectivity index (χ0v) is 18.9. The van der Waals surface area contributed by atoms with Crippen LogP contribution in [0.5, 0.6) is 5.75 Å². The summed E-state index contributed by atoms with van der Waals surface area (Å²) in [4.78, 5) is 26.0. The van der Waals surface area contributed by atoms with Crippen LogP contribution >= 0.6 is 0 Å². The molecule has 6 nitrogen and oxygen atoms in total. The first-order valence-corrected chi connectivity index (χ1v) is 11.1. The van der Waals surface area contributed by atoms with E-state index in [0.29, 0.717) is 25.1 Å². The number of fused-ring (bicyclic) bond motifs is 1. The van der Waals surface area contributed by atoms with Gasteiger partial charge in [-0.3, -0.25) is 4.79 Å². The third kappa shape index (κ3) is 5.26. The highest BCUT2D eigenvalue weighted by molar-refractivity contribution is 5.79. The largest absolute Gasteiger partial charge is 0.482 e. The Balaban J connectivity index is 1.62. The normalized spacial score (nSPS) is 15.0. The molecule has 0 radical (unpaired) electrons. The van der Waals surface area contributed by atoms with Crippen molar-refractivity contribution in [3.8, 4) is 5.75 Å². The Morgan fingerprint density at radius 1 is 1.03 bits per heavy atom. The van der Waals surface area contributed by atoms with Gasteiger partial charge in [0.05, 0.1) is 12.6 Å². The number of aliphatic carboxylic acids is 1. The van der Waals surface area contributed by atoms with Gasteiger partial charge in [0, 0.05) is 12.1 Å². The van der Waals surface area contributed by atoms with Gasteiger partial charge in [0.2, 0.25) is 5.91 Å². The van der Waals surface area contributed by atoms with Crippen molar-refractivity contribution in [2.24, 2.45) is 0 Å². The van der Waals surface area contributed by atoms with E-state index in [-0.39, 0.29) is 18.3 Å². The quantitative estimate of drug-likeness (QED) is 0.540. The van der Waals surface area contributed by atoms with Crippen molar-refractivity contribution < 1.29 is 28.6 Å². The smallest absolute Gasteiger partial charge is 0.341 e. The topological polar surface area (TPSA) is 76.1 Å². The first-order chi connectivity index (χ1) is 16.4. The van der Waals surface area contributed by atoms with Gasteiger partial charge in [0.1, 0.15) is 18.2 Å². The third-order valence-corrected chi connectivity index (χ3v) is 5.97. The molecule has 1 N–H and O–H groups in total. The second kappa shape index (κ2) is 10.5. The van der Waals surface area contributed by atoms with Gasteiger partial charge in [-0.15, -0.1) is 0 Å². The number of halogens is 1. The van der Waals surface area contributed by atoms with Crippen LogP contribution in [0.15, 0.2) is 66.7 Å². The molecular weight excluding hydrogens is 437 g/mol. The van der Waals surface area contributed by atoms with E-state index in [1.807, 2.05) is 55.5 Å². The number of aryl methyl sites for hydroxylation is 1. The number of hydrogen-bond donors (Lipinski definition) is 1. The van der Waals surface area contributed by atoms with Crippen LogP contribution < -0.4 is 4.74 Å². The predicted octanol–water partition coefficient (Wildman–Crippen LogP) is 4.29. The van der Waals surface area contributed by atoms with Gasteiger partial charge in [-0.25, -0.2) is 9.18 Å². The molecule has 176 valence electrons. The zero-order valence-electron chi connectivity index (χ0n) is 18.9. The summed E-state index contributed by atoms with van der Waals surface area (Å²) in [5.41, 5.74) is 4.39. The molecule has 0 aliphatic carbocycles. The molecule has 3 aromatic carbocycles. The number of carbonyl (C=O) groups is 2. The number of rotatable bonds is 8. The summed E-state index contributed by atoms with van der Waals surface area (Å²) in [6, 6.07) is 18.8. The Bertz CT molecular complexity index is 1200. The minimum absolute atomic E-state index is 0.131. The molecule has 1 aliphatic heterocycles. The second-order valence-electron chi connectivity index (χ2n) is 8.22. The molecule has 1 amide bonds. The Labute approximate surface area is 197 Å². The Morgan fingerprint density at radius 3 is 2.59 bits per heavy atom. The monoisotopic (exact) mass is 463 g/mol. The Kier molecular flexibility index (Phi) is 7.23. The third-order valence-electron chi connectivity index (χ3n) is 5.97. The fourth-order valence-electron chi connectivity index (χ4n) is 4.28. The van der Waals surface area contributed by atoms with E-state index in [1.54, 1.807) is 4.90 Å². The SMILES string of the molecule is Cc1ccccc1COCC(=O)N1CCc2ccccc2C1c1cc(F)ccc1OCC(=O)O. The highest BCUT2D eigenvalue weighted by Crippen LogP contribution is 2.39. The van der Waals surface area contributed by atoms with Crippen molar-refractivity contribution >= 4 is 11.9 Å². The average Bonchev–Trinajstić information content (AvgIpc) is 2.83. The van der Waals surface area contributed by atoms with Gasteiger partial charge in [-0.05, 0) is 53.8 Å². The molecule has 0 aromatic heterocycles. The molecule has 34 heavy (non-hydrogen) atoms. The maximum atomic E-state index is 14.3. The summed E-state index contributed by atoms with van der Waals surface area (Å²) in [6.45, 7) is 2.01. The van der Waals surface area contributed by atoms with Crippen LogP contribution in [0.3, 0.4) is 0 Å². The van der Waals surface area contributed by atoms with Gasteiger partial charge in [0.25, 0.3) is 0 Å². The van der Waals surface area contributed by atoms with Crippen LogP contribution in [0.1, 0.15) is 33.9 Å². The second-order valence-corrected chi connectivity index (χ2v) is 8.22. The lowest BCUT2D eigenvalue weighted by Gasteiger charge is -2.38. The first kappa shape index (κ1) is 23.4. The predicted molar refractivity (Wildman–Crippen MR) is 124 cm³/mol. The zero-order chi connectivity index (χ0) is 24.1. The molecule has 4 rings (SSSR count). The maximum Gasteiger partial charge on any atom is 0.341 e. The summed E-state index contributed by atoms with van der Waals surface area (Å²) < 4.78 is 25.5. The molecule has 0 spiro atoms. The van der Waals surface area contributed by atoms with Gasteiger partial charge >= 0.3 is 5.97 Å². The van der Waals surface area contributed by atoms with Gasteiger partial charge in [-0.1, -0.05) is 48.5 Å². The Morgan fingerprint density at radius 2 is 1.79 bits per heavy atom. The summed E-state index contributed by atoms with van der Waals surface area (Å²) >= 11 is 0. The van der Waals surface area contributed by atoms with E-state index in [0.717, 1.165) is 22.3 Å². The first-order valence-electron chi connectivity index (χ1n) is 11.1. The molecule has 0 fully saturated rings. The van der Waals surface area contributed by atoms with E-state index >= 15 is 0 Å². The maximum absolute atomic E-state index is 14.3. The van der Waals surface area contributed by atoms with E-state index in [2.05, 4.69) is 0 Å². The molecule has 1 unspecified atom stereocenters. The molecule has 1 atom stereocenters. The molecule has 1 heterocycles. The number of carboxylic acid groups (broad SMARTS) is 1. The van der Waals surface area contributed by atoms with Gasteiger partial charge < -0.3 is 19.5 Å². The molecule has 7 heteroatoms. The van der Waals surface area contributed by atoms with Crippen molar-refractivity contribution in [3.63, 3.8) is 0 Å². The highest BCUT2D eigenvalue weighted by Gasteiger charge is 2.34. The fourth-order valence-corrected chi connectivity index (χ4v) is 4.28. The lowest BCUT2D eigenvalue weighted by Crippen LogP contribution is -2.42. The van der Waals surface area contributed by atoms with E-state index in [1.165, 1.54) is 18.2 Å². The van der Waals surface area contributed by atoms with Crippen LogP contribution in [0, 0.1) is 12.7 Å².